The summed E-state index contributed by atoms with van der Waals surface area (Å²) in [7, 11) is -1.38. The normalized spacial score (nSPS) is 19.4. The Bertz CT molecular complexity index is 510. The Balaban J connectivity index is 2.11. The third-order valence-corrected chi connectivity index (χ3v) is 6.51. The van der Waals surface area contributed by atoms with E-state index >= 15 is 0 Å². The van der Waals surface area contributed by atoms with E-state index in [0.29, 0.717) is 43.6 Å². The number of aromatic nitrogens is 2. The smallest absolute Gasteiger partial charge is 0.447 e. The molecule has 0 bridgehead atoms. The maximum atomic E-state index is 13.2. The molecular formula is C11H20Cl2N4O3P+. The Kier molecular flexibility index (Phi) is 5.94. The molecule has 0 amide bonds. The van der Waals surface area contributed by atoms with Crippen LogP contribution in [-0.4, -0.2) is 61.9 Å². The first-order valence-electron chi connectivity index (χ1n) is 6.62. The molecule has 1 aliphatic heterocycles. The van der Waals surface area contributed by atoms with Crippen molar-refractivity contribution in [1.29, 1.82) is 0 Å². The molecule has 0 atom stereocenters. The Labute approximate surface area is 134 Å². The SMILES string of the molecule is Cn1c(COP2(=O)N(CCCl)CCN2CCCl)cnc1[OH2+]. The predicted octanol–water partition coefficient (Wildman–Crippen LogP) is 1.58. The van der Waals surface area contributed by atoms with Crippen LogP contribution < -0.4 is 0 Å². The van der Waals surface area contributed by atoms with Gasteiger partial charge in [0.05, 0.1) is 18.5 Å². The average molecular weight is 358 g/mol. The summed E-state index contributed by atoms with van der Waals surface area (Å²) in [6.07, 6.45) is 1.56. The maximum Gasteiger partial charge on any atom is 0.447 e. The Morgan fingerprint density at radius 1 is 1.33 bits per heavy atom. The molecule has 0 spiro atoms. The van der Waals surface area contributed by atoms with Gasteiger partial charge in [-0.3, -0.25) is 13.7 Å². The highest BCUT2D eigenvalue weighted by Crippen LogP contribution is 2.58. The van der Waals surface area contributed by atoms with Gasteiger partial charge in [-0.1, -0.05) is 0 Å². The van der Waals surface area contributed by atoms with Crippen LogP contribution >= 0.6 is 30.9 Å². The van der Waals surface area contributed by atoms with Crippen molar-refractivity contribution in [1.82, 2.24) is 18.9 Å². The van der Waals surface area contributed by atoms with Crippen LogP contribution in [0.3, 0.4) is 0 Å². The first kappa shape index (κ1) is 17.1. The van der Waals surface area contributed by atoms with Gasteiger partial charge in [0.2, 0.25) is 0 Å². The van der Waals surface area contributed by atoms with Gasteiger partial charge in [0, 0.05) is 45.0 Å². The summed E-state index contributed by atoms with van der Waals surface area (Å²) in [5.74, 6) is 0.787. The van der Waals surface area contributed by atoms with Gasteiger partial charge in [0.25, 0.3) is 0 Å². The van der Waals surface area contributed by atoms with Gasteiger partial charge in [-0.2, -0.15) is 4.98 Å². The molecule has 120 valence electrons. The van der Waals surface area contributed by atoms with Gasteiger partial charge in [0.1, 0.15) is 0 Å². The number of nitrogens with zero attached hydrogens (tertiary/aromatic N) is 4. The summed E-state index contributed by atoms with van der Waals surface area (Å²) in [5.41, 5.74) is 0.707. The highest BCUT2D eigenvalue weighted by Gasteiger charge is 2.43. The number of rotatable bonds is 7. The van der Waals surface area contributed by atoms with E-state index in [2.05, 4.69) is 4.98 Å². The Hall–Kier alpha value is -0.300. The third kappa shape index (κ3) is 3.55. The second-order valence-electron chi connectivity index (χ2n) is 4.68. The third-order valence-electron chi connectivity index (χ3n) is 3.48. The van der Waals surface area contributed by atoms with E-state index in [4.69, 9.17) is 32.8 Å². The number of imidazole rings is 1. The van der Waals surface area contributed by atoms with Crippen LogP contribution in [0.25, 0.3) is 0 Å². The number of alkyl halides is 2. The molecule has 1 aromatic heterocycles. The monoisotopic (exact) mass is 357 g/mol. The van der Waals surface area contributed by atoms with Gasteiger partial charge in [0.15, 0.2) is 0 Å². The zero-order chi connectivity index (χ0) is 15.5. The zero-order valence-corrected chi connectivity index (χ0v) is 14.2. The summed E-state index contributed by atoms with van der Waals surface area (Å²) in [6.45, 7) is 2.45. The van der Waals surface area contributed by atoms with Crippen molar-refractivity contribution in [2.75, 3.05) is 37.9 Å². The summed E-state index contributed by atoms with van der Waals surface area (Å²) >= 11 is 11.6. The van der Waals surface area contributed by atoms with Crippen LogP contribution in [0.4, 0.5) is 0 Å². The van der Waals surface area contributed by atoms with Gasteiger partial charge < -0.3 is 5.11 Å². The molecule has 21 heavy (non-hydrogen) atoms. The lowest BCUT2D eigenvalue weighted by Gasteiger charge is -2.28. The van der Waals surface area contributed by atoms with E-state index in [9.17, 15) is 4.57 Å². The van der Waals surface area contributed by atoms with E-state index < -0.39 is 7.67 Å². The largest absolute Gasteiger partial charge is 0.565 e. The average Bonchev–Trinajstić information content (AvgIpc) is 2.94. The molecule has 2 N–H and O–H groups in total. The lowest BCUT2D eigenvalue weighted by Crippen LogP contribution is -2.24. The molecule has 0 saturated carbocycles. The second kappa shape index (κ2) is 7.31. The number of halogens is 2. The molecular weight excluding hydrogens is 338 g/mol. The zero-order valence-electron chi connectivity index (χ0n) is 11.8. The van der Waals surface area contributed by atoms with Crippen molar-refractivity contribution in [3.63, 3.8) is 0 Å². The van der Waals surface area contributed by atoms with Gasteiger partial charge in [-0.15, -0.1) is 23.2 Å². The highest BCUT2D eigenvalue weighted by molar-refractivity contribution is 7.54. The second-order valence-corrected chi connectivity index (χ2v) is 7.81. The summed E-state index contributed by atoms with van der Waals surface area (Å²) in [6, 6.07) is 0.147. The van der Waals surface area contributed by atoms with E-state index in [1.165, 1.54) is 0 Å². The van der Waals surface area contributed by atoms with Gasteiger partial charge >= 0.3 is 13.7 Å². The lowest BCUT2D eigenvalue weighted by molar-refractivity contribution is 0.235. The fourth-order valence-corrected chi connectivity index (χ4v) is 5.24. The quantitative estimate of drug-likeness (QED) is 0.420. The van der Waals surface area contributed by atoms with Crippen molar-refractivity contribution in [3.8, 4) is 6.01 Å². The van der Waals surface area contributed by atoms with Crippen LogP contribution in [-0.2, 0) is 22.7 Å². The van der Waals surface area contributed by atoms with Crippen LogP contribution in [0.15, 0.2) is 6.20 Å². The van der Waals surface area contributed by atoms with Crippen molar-refractivity contribution >= 4 is 30.9 Å². The Morgan fingerprint density at radius 3 is 2.33 bits per heavy atom. The molecule has 1 aromatic rings. The number of hydrogen-bond acceptors (Lipinski definition) is 3. The minimum atomic E-state index is -3.10. The molecule has 1 fully saturated rings. The molecule has 0 radical (unpaired) electrons. The minimum absolute atomic E-state index is 0.136. The molecule has 2 heterocycles. The molecule has 0 unspecified atom stereocenters. The van der Waals surface area contributed by atoms with Crippen LogP contribution in [0.5, 0.6) is 6.01 Å². The van der Waals surface area contributed by atoms with Crippen molar-refractivity contribution in [3.05, 3.63) is 11.9 Å². The molecule has 10 heteroatoms. The summed E-state index contributed by atoms with van der Waals surface area (Å²) < 4.78 is 24.1. The molecule has 2 rings (SSSR count). The molecule has 1 aliphatic rings. The van der Waals surface area contributed by atoms with Crippen molar-refractivity contribution in [2.45, 2.75) is 6.61 Å². The van der Waals surface area contributed by atoms with Gasteiger partial charge in [-0.05, 0) is 0 Å². The first-order valence-corrected chi connectivity index (χ1v) is 9.22. The maximum absolute atomic E-state index is 13.2. The van der Waals surface area contributed by atoms with Crippen molar-refractivity contribution < 1.29 is 14.2 Å². The fourth-order valence-electron chi connectivity index (χ4n) is 2.23. The van der Waals surface area contributed by atoms with Gasteiger partial charge in [-0.25, -0.2) is 9.34 Å². The van der Waals surface area contributed by atoms with E-state index in [0.717, 1.165) is 0 Å². The summed E-state index contributed by atoms with van der Waals surface area (Å²) in [4.78, 5) is 3.89. The summed E-state index contributed by atoms with van der Waals surface area (Å²) in [5, 5.41) is 7.56. The van der Waals surface area contributed by atoms with Crippen molar-refractivity contribution in [2.24, 2.45) is 7.05 Å². The topological polar surface area (TPSA) is 73.5 Å². The molecule has 1 saturated heterocycles. The van der Waals surface area contributed by atoms with E-state index in [-0.39, 0.29) is 12.6 Å². The molecule has 7 nitrogen and oxygen atoms in total. The minimum Gasteiger partial charge on any atom is -0.565 e. The lowest BCUT2D eigenvalue weighted by atomic mass is 10.5. The standard InChI is InChI=1S/C11H19Cl2N4O3P/c1-15-10(8-14-11(15)18)9-20-21(19)16(4-2-12)6-7-17(21)5-3-13/h8H,2-7,9H2,1H3,(H,14,18)/p+1. The Morgan fingerprint density at radius 2 is 1.90 bits per heavy atom. The first-order chi connectivity index (χ1) is 10.0. The number of hydrogen-bond donors (Lipinski definition) is 0. The van der Waals surface area contributed by atoms with Crippen LogP contribution in [0, 0.1) is 0 Å². The van der Waals surface area contributed by atoms with E-state index in [1.807, 2.05) is 0 Å². The molecule has 0 aliphatic carbocycles. The van der Waals surface area contributed by atoms with Crippen LogP contribution in [0.1, 0.15) is 5.69 Å². The van der Waals surface area contributed by atoms with E-state index in [1.54, 1.807) is 27.2 Å². The molecule has 0 aromatic carbocycles. The predicted molar refractivity (Wildman–Crippen MR) is 83.2 cm³/mol. The fraction of sp³-hybridized carbons (Fsp3) is 0.727. The highest BCUT2D eigenvalue weighted by atomic mass is 35.5. The van der Waals surface area contributed by atoms with Crippen LogP contribution in [0.2, 0.25) is 0 Å².